The molecular formula is C17H28N2O5Si. The number of ether oxygens (including phenoxy) is 1. The lowest BCUT2D eigenvalue weighted by Gasteiger charge is -2.45. The summed E-state index contributed by atoms with van der Waals surface area (Å²) in [5.74, 6) is 0. The molecule has 7 nitrogen and oxygen atoms in total. The van der Waals surface area contributed by atoms with Gasteiger partial charge in [-0.3, -0.25) is 15.1 Å². The Hall–Kier alpha value is -1.35. The number of pyridine rings is 1. The van der Waals surface area contributed by atoms with Crippen molar-refractivity contribution in [3.8, 4) is 0 Å². The van der Waals surface area contributed by atoms with Crippen LogP contribution in [0.3, 0.4) is 0 Å². The van der Waals surface area contributed by atoms with E-state index in [0.717, 1.165) is 0 Å². The summed E-state index contributed by atoms with van der Waals surface area (Å²) in [5.41, 5.74) is 0.354. The molecule has 0 bridgehead atoms. The fourth-order valence-corrected chi connectivity index (χ4v) is 4.15. The van der Waals surface area contributed by atoms with Crippen LogP contribution in [0.4, 0.5) is 5.69 Å². The molecule has 8 heteroatoms. The molecule has 0 unspecified atom stereocenters. The molecule has 1 saturated heterocycles. The SMILES string of the molecule is C[C@H]1O[C@@H](c2ccncc2[N+](=O)[O-])C[C@@H](O)[C@@H]1O[Si](C)(C)C(C)(C)C. The first-order chi connectivity index (χ1) is 11.4. The van der Waals surface area contributed by atoms with Crippen molar-refractivity contribution in [2.45, 2.75) is 76.7 Å². The van der Waals surface area contributed by atoms with Gasteiger partial charge in [0.1, 0.15) is 6.20 Å². The number of nitrogens with zero attached hydrogens (tertiary/aromatic N) is 2. The van der Waals surface area contributed by atoms with Crippen molar-refractivity contribution in [3.05, 3.63) is 34.1 Å². The molecule has 4 atom stereocenters. The van der Waals surface area contributed by atoms with Gasteiger partial charge in [0, 0.05) is 12.6 Å². The molecule has 0 aliphatic carbocycles. The van der Waals surface area contributed by atoms with Gasteiger partial charge in [-0.15, -0.1) is 0 Å². The van der Waals surface area contributed by atoms with Crippen molar-refractivity contribution < 1.29 is 19.2 Å². The average Bonchev–Trinajstić information content (AvgIpc) is 2.49. The molecule has 0 spiro atoms. The minimum Gasteiger partial charge on any atom is -0.409 e. The maximum absolute atomic E-state index is 11.2. The van der Waals surface area contributed by atoms with E-state index in [1.165, 1.54) is 12.4 Å². The lowest BCUT2D eigenvalue weighted by atomic mass is 9.94. The zero-order valence-electron chi connectivity index (χ0n) is 15.7. The third-order valence-electron chi connectivity index (χ3n) is 5.29. The Morgan fingerprint density at radius 3 is 2.60 bits per heavy atom. The molecule has 0 aromatic carbocycles. The number of nitro groups is 1. The Morgan fingerprint density at radius 1 is 1.44 bits per heavy atom. The number of aliphatic hydroxyl groups is 1. The van der Waals surface area contributed by atoms with E-state index in [0.29, 0.717) is 5.56 Å². The molecular weight excluding hydrogens is 340 g/mol. The molecule has 2 rings (SSSR count). The molecule has 2 heterocycles. The van der Waals surface area contributed by atoms with Gasteiger partial charge in [0.05, 0.1) is 34.9 Å². The highest BCUT2D eigenvalue weighted by Gasteiger charge is 2.45. The Balaban J connectivity index is 2.19. The van der Waals surface area contributed by atoms with Gasteiger partial charge in [0.25, 0.3) is 5.69 Å². The number of aromatic nitrogens is 1. The van der Waals surface area contributed by atoms with Crippen molar-refractivity contribution in [3.63, 3.8) is 0 Å². The second-order valence-corrected chi connectivity index (χ2v) is 12.9. The Labute approximate surface area is 149 Å². The zero-order chi connectivity index (χ0) is 19.0. The third-order valence-corrected chi connectivity index (χ3v) is 9.76. The summed E-state index contributed by atoms with van der Waals surface area (Å²) in [6.45, 7) is 12.5. The monoisotopic (exact) mass is 368 g/mol. The van der Waals surface area contributed by atoms with Crippen LogP contribution in [0.1, 0.15) is 45.8 Å². The standard InChI is InChI=1S/C17H28N2O5Si/c1-11-16(24-25(5,6)17(2,3)4)14(20)9-15(23-11)12-7-8-18-10-13(12)19(21)22/h7-8,10-11,14-16,20H,9H2,1-6H3/t11-,14-,15-,16-/m1/s1. The summed E-state index contributed by atoms with van der Waals surface area (Å²) in [6.07, 6.45) is 0.889. The lowest BCUT2D eigenvalue weighted by molar-refractivity contribution is -0.386. The fraction of sp³-hybridized carbons (Fsp3) is 0.706. The summed E-state index contributed by atoms with van der Waals surface area (Å²) >= 11 is 0. The van der Waals surface area contributed by atoms with Crippen molar-refractivity contribution in [1.29, 1.82) is 0 Å². The van der Waals surface area contributed by atoms with Crippen LogP contribution in [0.5, 0.6) is 0 Å². The second kappa shape index (κ2) is 7.11. The van der Waals surface area contributed by atoms with Gasteiger partial charge in [0.2, 0.25) is 0 Å². The highest BCUT2D eigenvalue weighted by molar-refractivity contribution is 6.74. The molecule has 1 aliphatic rings. The number of hydrogen-bond donors (Lipinski definition) is 1. The van der Waals surface area contributed by atoms with E-state index in [2.05, 4.69) is 38.8 Å². The van der Waals surface area contributed by atoms with Crippen molar-refractivity contribution in [2.75, 3.05) is 0 Å². The minimum absolute atomic E-state index is 0.0210. The summed E-state index contributed by atoms with van der Waals surface area (Å²) < 4.78 is 12.4. The molecule has 25 heavy (non-hydrogen) atoms. The van der Waals surface area contributed by atoms with Crippen molar-refractivity contribution >= 4 is 14.0 Å². The van der Waals surface area contributed by atoms with Crippen LogP contribution >= 0.6 is 0 Å². The maximum Gasteiger partial charge on any atom is 0.293 e. The van der Waals surface area contributed by atoms with Gasteiger partial charge in [0.15, 0.2) is 8.32 Å². The fourth-order valence-electron chi connectivity index (χ4n) is 2.77. The predicted molar refractivity (Wildman–Crippen MR) is 96.9 cm³/mol. The van der Waals surface area contributed by atoms with E-state index in [9.17, 15) is 15.2 Å². The first-order valence-electron chi connectivity index (χ1n) is 8.53. The topological polar surface area (TPSA) is 94.7 Å². The molecule has 1 aromatic rings. The minimum atomic E-state index is -2.06. The molecule has 140 valence electrons. The van der Waals surface area contributed by atoms with Crippen LogP contribution < -0.4 is 0 Å². The van der Waals surface area contributed by atoms with Crippen molar-refractivity contribution in [1.82, 2.24) is 4.98 Å². The first kappa shape index (κ1) is 20.0. The van der Waals surface area contributed by atoms with Gasteiger partial charge in [-0.05, 0) is 31.1 Å². The normalized spacial score (nSPS) is 28.0. The van der Waals surface area contributed by atoms with Crippen LogP contribution in [0.15, 0.2) is 18.5 Å². The van der Waals surface area contributed by atoms with Crippen LogP contribution in [0.2, 0.25) is 18.1 Å². The van der Waals surface area contributed by atoms with E-state index in [1.54, 1.807) is 6.07 Å². The molecule has 0 amide bonds. The quantitative estimate of drug-likeness (QED) is 0.496. The van der Waals surface area contributed by atoms with E-state index in [1.807, 2.05) is 6.92 Å². The van der Waals surface area contributed by atoms with Gasteiger partial charge in [-0.2, -0.15) is 0 Å². The molecule has 1 N–H and O–H groups in total. The number of rotatable bonds is 4. The largest absolute Gasteiger partial charge is 0.409 e. The summed E-state index contributed by atoms with van der Waals surface area (Å²) in [5, 5.41) is 21.9. The lowest BCUT2D eigenvalue weighted by Crippen LogP contribution is -2.53. The zero-order valence-corrected chi connectivity index (χ0v) is 16.7. The smallest absolute Gasteiger partial charge is 0.293 e. The van der Waals surface area contributed by atoms with Crippen molar-refractivity contribution in [2.24, 2.45) is 0 Å². The summed E-state index contributed by atoms with van der Waals surface area (Å²) in [4.78, 5) is 14.6. The maximum atomic E-state index is 11.2. The molecule has 0 radical (unpaired) electrons. The summed E-state index contributed by atoms with van der Waals surface area (Å²) in [7, 11) is -2.06. The van der Waals surface area contributed by atoms with Crippen LogP contribution in [0, 0.1) is 10.1 Å². The Bertz CT molecular complexity index is 620. The van der Waals surface area contributed by atoms with Crippen LogP contribution in [0.25, 0.3) is 0 Å². The first-order valence-corrected chi connectivity index (χ1v) is 11.4. The van der Waals surface area contributed by atoms with Gasteiger partial charge in [-0.1, -0.05) is 20.8 Å². The van der Waals surface area contributed by atoms with Gasteiger partial charge in [-0.25, -0.2) is 0 Å². The molecule has 1 aliphatic heterocycles. The second-order valence-electron chi connectivity index (χ2n) is 8.17. The molecule has 1 aromatic heterocycles. The van der Waals surface area contributed by atoms with E-state index in [4.69, 9.17) is 9.16 Å². The van der Waals surface area contributed by atoms with E-state index >= 15 is 0 Å². The molecule has 1 fully saturated rings. The Kier molecular flexibility index (Phi) is 5.67. The molecule has 0 saturated carbocycles. The predicted octanol–water partition coefficient (Wildman–Crippen LogP) is 3.59. The highest BCUT2D eigenvalue weighted by Crippen LogP contribution is 2.41. The highest BCUT2D eigenvalue weighted by atomic mass is 28.4. The Morgan fingerprint density at radius 2 is 2.08 bits per heavy atom. The third kappa shape index (κ3) is 4.25. The average molecular weight is 369 g/mol. The summed E-state index contributed by atoms with van der Waals surface area (Å²) in [6, 6.07) is 1.58. The van der Waals surface area contributed by atoms with Gasteiger partial charge < -0.3 is 14.3 Å². The van der Waals surface area contributed by atoms with Crippen LogP contribution in [-0.2, 0) is 9.16 Å². The van der Waals surface area contributed by atoms with E-state index in [-0.39, 0.29) is 23.3 Å². The van der Waals surface area contributed by atoms with Gasteiger partial charge >= 0.3 is 0 Å². The number of hydrogen-bond acceptors (Lipinski definition) is 6. The van der Waals surface area contributed by atoms with Crippen LogP contribution in [-0.4, -0.2) is 41.6 Å². The van der Waals surface area contributed by atoms with E-state index < -0.39 is 31.6 Å². The number of aliphatic hydroxyl groups excluding tert-OH is 1.